The van der Waals surface area contributed by atoms with Gasteiger partial charge in [0.2, 0.25) is 0 Å². The Morgan fingerprint density at radius 3 is 1.56 bits per heavy atom. The van der Waals surface area contributed by atoms with Gasteiger partial charge in [0.1, 0.15) is 0 Å². The molecule has 3 aliphatic carbocycles. The Bertz CT molecular complexity index is 3400. The second kappa shape index (κ2) is 13.2. The van der Waals surface area contributed by atoms with E-state index in [-0.39, 0.29) is 10.8 Å². The predicted octanol–water partition coefficient (Wildman–Crippen LogP) is 16.0. The average Bonchev–Trinajstić information content (AvgIpc) is 3.86. The van der Waals surface area contributed by atoms with Gasteiger partial charge in [0, 0.05) is 33.5 Å². The number of hydrogen-bond acceptors (Lipinski definition) is 3. The van der Waals surface area contributed by atoms with Gasteiger partial charge >= 0.3 is 0 Å². The van der Waals surface area contributed by atoms with Crippen molar-refractivity contribution in [1.29, 1.82) is 0 Å². The highest BCUT2D eigenvalue weighted by atomic mass is 16.6. The summed E-state index contributed by atoms with van der Waals surface area (Å²) < 4.78 is 13.3. The van der Waals surface area contributed by atoms with Gasteiger partial charge in [-0.3, -0.25) is 0 Å². The molecule has 0 radical (unpaired) electrons. The molecule has 9 aromatic carbocycles. The molecule has 64 heavy (non-hydrogen) atoms. The Kier molecular flexibility index (Phi) is 7.63. The van der Waals surface area contributed by atoms with E-state index in [1.54, 1.807) is 0 Å². The maximum Gasteiger partial charge on any atom is 0.178 e. The van der Waals surface area contributed by atoms with Crippen molar-refractivity contribution in [3.8, 4) is 56.4 Å². The third-order valence-corrected chi connectivity index (χ3v) is 14.8. The zero-order chi connectivity index (χ0) is 43.0. The first-order chi connectivity index (χ1) is 31.2. The lowest BCUT2D eigenvalue weighted by molar-refractivity contribution is 0.360. The van der Waals surface area contributed by atoms with E-state index in [9.17, 15) is 0 Å². The lowest BCUT2D eigenvalue weighted by atomic mass is 9.67. The summed E-state index contributed by atoms with van der Waals surface area (Å²) in [5, 5.41) is 0. The van der Waals surface area contributed by atoms with Crippen molar-refractivity contribution in [3.05, 3.63) is 245 Å². The molecule has 0 saturated carbocycles. The zero-order valence-corrected chi connectivity index (χ0v) is 36.3. The summed E-state index contributed by atoms with van der Waals surface area (Å²) in [5.41, 5.74) is 20.2. The van der Waals surface area contributed by atoms with Crippen LogP contribution in [0.5, 0.6) is 23.0 Å². The molecule has 0 aromatic heterocycles. The van der Waals surface area contributed by atoms with Crippen LogP contribution in [0.1, 0.15) is 72.2 Å². The van der Waals surface area contributed by atoms with Crippen LogP contribution in [0.4, 0.5) is 17.1 Å². The van der Waals surface area contributed by atoms with Crippen LogP contribution in [0.3, 0.4) is 0 Å². The minimum absolute atomic E-state index is 0.0836. The fourth-order valence-electron chi connectivity index (χ4n) is 11.8. The maximum atomic E-state index is 6.79. The standard InChI is InChI=1S/C61H45NO2/c1-59(2)49-22-12-9-19-44(49)47-36-41(31-33-50(47)59)62(42-30-32-45-43-18-8-11-21-48(43)60(3,4)53(45)37-42)40-28-26-39(27-29-40)61(38-16-6-5-7-17-38)51-23-13-10-20-46(51)57-52(61)34-35-56-58(57)64-55-25-15-14-24-54(55)63-56/h5-37H,1-4H3. The summed E-state index contributed by atoms with van der Waals surface area (Å²) >= 11 is 0. The maximum absolute atomic E-state index is 6.79. The molecule has 4 aliphatic rings. The van der Waals surface area contributed by atoms with Gasteiger partial charge in [0.25, 0.3) is 0 Å². The smallest absolute Gasteiger partial charge is 0.178 e. The largest absolute Gasteiger partial charge is 0.449 e. The highest BCUT2D eigenvalue weighted by Crippen LogP contribution is 2.62. The minimum Gasteiger partial charge on any atom is -0.449 e. The Hall–Kier alpha value is -7.62. The molecule has 0 spiro atoms. The van der Waals surface area contributed by atoms with Gasteiger partial charge in [0.15, 0.2) is 23.0 Å². The quantitative estimate of drug-likeness (QED) is 0.173. The monoisotopic (exact) mass is 823 g/mol. The second-order valence-corrected chi connectivity index (χ2v) is 18.8. The average molecular weight is 824 g/mol. The van der Waals surface area contributed by atoms with Crippen LogP contribution in [0.15, 0.2) is 200 Å². The number of para-hydroxylation sites is 2. The van der Waals surface area contributed by atoms with Crippen LogP contribution in [-0.4, -0.2) is 0 Å². The molecule has 306 valence electrons. The van der Waals surface area contributed by atoms with E-state index in [2.05, 4.69) is 209 Å². The van der Waals surface area contributed by atoms with Gasteiger partial charge in [0.05, 0.1) is 5.41 Å². The molecule has 1 unspecified atom stereocenters. The van der Waals surface area contributed by atoms with E-state index in [0.29, 0.717) is 0 Å². The Labute approximate surface area is 374 Å². The molecule has 0 N–H and O–H groups in total. The molecule has 0 amide bonds. The van der Waals surface area contributed by atoms with Crippen molar-refractivity contribution in [1.82, 2.24) is 0 Å². The van der Waals surface area contributed by atoms with Gasteiger partial charge in [-0.15, -0.1) is 0 Å². The zero-order valence-electron chi connectivity index (χ0n) is 36.3. The van der Waals surface area contributed by atoms with Gasteiger partial charge < -0.3 is 14.4 Å². The number of rotatable bonds is 5. The van der Waals surface area contributed by atoms with Crippen molar-refractivity contribution in [2.45, 2.75) is 43.9 Å². The van der Waals surface area contributed by atoms with Crippen LogP contribution in [0, 0.1) is 0 Å². The predicted molar refractivity (Wildman–Crippen MR) is 260 cm³/mol. The molecule has 1 aliphatic heterocycles. The summed E-state index contributed by atoms with van der Waals surface area (Å²) in [4.78, 5) is 2.46. The topological polar surface area (TPSA) is 21.7 Å². The highest BCUT2D eigenvalue weighted by Gasteiger charge is 2.48. The number of benzene rings is 9. The molecule has 0 bridgehead atoms. The summed E-state index contributed by atoms with van der Waals surface area (Å²) in [6, 6.07) is 73.4. The summed E-state index contributed by atoms with van der Waals surface area (Å²) in [5.74, 6) is 2.93. The molecule has 0 fully saturated rings. The van der Waals surface area contributed by atoms with Gasteiger partial charge in [-0.2, -0.15) is 0 Å². The SMILES string of the molecule is CC1(C)c2ccccc2-c2cc(N(c3ccc(C4(c5ccccc5)c5ccccc5-c5c4ccc4c5Oc5ccccc5O4)cc3)c3ccc4c(c3)C(C)(C)c3ccccc3-4)ccc21. The number of anilines is 3. The fourth-order valence-corrected chi connectivity index (χ4v) is 11.8. The van der Waals surface area contributed by atoms with Crippen LogP contribution in [0.25, 0.3) is 33.4 Å². The van der Waals surface area contributed by atoms with Gasteiger partial charge in [-0.1, -0.05) is 173 Å². The molecule has 9 aromatic rings. The van der Waals surface area contributed by atoms with E-state index in [0.717, 1.165) is 51.2 Å². The van der Waals surface area contributed by atoms with Gasteiger partial charge in [-0.25, -0.2) is 0 Å². The van der Waals surface area contributed by atoms with Crippen molar-refractivity contribution < 1.29 is 9.47 Å². The Morgan fingerprint density at radius 2 is 0.828 bits per heavy atom. The number of hydrogen-bond donors (Lipinski definition) is 0. The van der Waals surface area contributed by atoms with E-state index in [1.165, 1.54) is 66.8 Å². The highest BCUT2D eigenvalue weighted by molar-refractivity contribution is 5.93. The molecule has 13 rings (SSSR count). The first-order valence-corrected chi connectivity index (χ1v) is 22.4. The number of ether oxygens (including phenoxy) is 2. The molecule has 1 atom stereocenters. The van der Waals surface area contributed by atoms with Crippen molar-refractivity contribution in [2.75, 3.05) is 4.90 Å². The molecule has 0 saturated heterocycles. The third kappa shape index (κ3) is 4.92. The van der Waals surface area contributed by atoms with Crippen LogP contribution in [0.2, 0.25) is 0 Å². The van der Waals surface area contributed by atoms with Crippen molar-refractivity contribution >= 4 is 17.1 Å². The molecular formula is C61H45NO2. The number of nitrogens with zero attached hydrogens (tertiary/aromatic N) is 1. The Morgan fingerprint density at radius 1 is 0.328 bits per heavy atom. The summed E-state index contributed by atoms with van der Waals surface area (Å²) in [6.07, 6.45) is 0. The van der Waals surface area contributed by atoms with Crippen LogP contribution < -0.4 is 14.4 Å². The summed E-state index contributed by atoms with van der Waals surface area (Å²) in [7, 11) is 0. The summed E-state index contributed by atoms with van der Waals surface area (Å²) in [6.45, 7) is 9.43. The van der Waals surface area contributed by atoms with E-state index in [4.69, 9.17) is 9.47 Å². The first kappa shape index (κ1) is 37.0. The normalized spacial score (nSPS) is 17.0. The van der Waals surface area contributed by atoms with Gasteiger partial charge in [-0.05, 0) is 127 Å². The third-order valence-electron chi connectivity index (χ3n) is 14.8. The molecule has 3 nitrogen and oxygen atoms in total. The Balaban J connectivity index is 1.01. The van der Waals surface area contributed by atoms with E-state index >= 15 is 0 Å². The van der Waals surface area contributed by atoms with Crippen LogP contribution >= 0.6 is 0 Å². The fraction of sp³-hybridized carbons (Fsp3) is 0.115. The lowest BCUT2D eigenvalue weighted by Gasteiger charge is -2.35. The molecular weight excluding hydrogens is 779 g/mol. The van der Waals surface area contributed by atoms with E-state index < -0.39 is 5.41 Å². The molecule has 3 heteroatoms. The van der Waals surface area contributed by atoms with Crippen LogP contribution in [-0.2, 0) is 16.2 Å². The van der Waals surface area contributed by atoms with Crippen molar-refractivity contribution in [3.63, 3.8) is 0 Å². The second-order valence-electron chi connectivity index (χ2n) is 18.8. The molecule has 1 heterocycles. The number of fused-ring (bicyclic) bond motifs is 12. The lowest BCUT2D eigenvalue weighted by Crippen LogP contribution is -2.28. The first-order valence-electron chi connectivity index (χ1n) is 22.4. The van der Waals surface area contributed by atoms with Crippen molar-refractivity contribution in [2.24, 2.45) is 0 Å². The van der Waals surface area contributed by atoms with E-state index in [1.807, 2.05) is 24.3 Å². The minimum atomic E-state index is -0.627.